The van der Waals surface area contributed by atoms with Gasteiger partial charge in [-0.1, -0.05) is 146 Å². The van der Waals surface area contributed by atoms with E-state index in [2.05, 4.69) is 30.6 Å². The Balaban J connectivity index is 1.11. The van der Waals surface area contributed by atoms with E-state index in [1.807, 2.05) is 133 Å². The average Bonchev–Trinajstić information content (AvgIpc) is 3.26. The molecule has 60 heavy (non-hydrogen) atoms. The van der Waals surface area contributed by atoms with Crippen LogP contribution in [0.25, 0.3) is 57.2 Å². The van der Waals surface area contributed by atoms with E-state index in [-0.39, 0.29) is 34.4 Å². The molecule has 6 aromatic carbocycles. The van der Waals surface area contributed by atoms with Crippen molar-refractivity contribution in [3.63, 3.8) is 0 Å². The minimum atomic E-state index is -4.81. The van der Waals surface area contributed by atoms with Crippen LogP contribution in [0, 0.1) is 0 Å². The first-order chi connectivity index (χ1) is 29.0. The van der Waals surface area contributed by atoms with Crippen molar-refractivity contribution in [3.8, 4) is 45.0 Å². The number of nitrogens with one attached hydrogen (secondary N) is 2. The summed E-state index contributed by atoms with van der Waals surface area (Å²) in [5.41, 5.74) is 6.47. The molecule has 4 N–H and O–H groups in total. The second kappa shape index (κ2) is 16.9. The van der Waals surface area contributed by atoms with E-state index in [4.69, 9.17) is 0 Å². The summed E-state index contributed by atoms with van der Waals surface area (Å²) in [6, 6.07) is 50.2. The number of aromatic nitrogens is 4. The lowest BCUT2D eigenvalue weighted by atomic mass is 10.1. The largest absolute Gasteiger partial charge is 0.324 e. The first-order valence-electron chi connectivity index (χ1n) is 18.4. The van der Waals surface area contributed by atoms with Crippen molar-refractivity contribution < 1.29 is 25.9 Å². The minimum absolute atomic E-state index is 0.0371. The summed E-state index contributed by atoms with van der Waals surface area (Å²) in [5.74, 6) is 0.361. The lowest BCUT2D eigenvalue weighted by Gasteiger charge is -2.13. The summed E-state index contributed by atoms with van der Waals surface area (Å²) in [7, 11) is -9.61. The average molecular weight is 831 g/mol. The fourth-order valence-corrected chi connectivity index (χ4v) is 7.84. The molecule has 2 heterocycles. The monoisotopic (exact) mass is 830 g/mol. The van der Waals surface area contributed by atoms with Crippen LogP contribution < -0.4 is 10.6 Å². The second-order valence-corrected chi connectivity index (χ2v) is 16.2. The van der Waals surface area contributed by atoms with Gasteiger partial charge < -0.3 is 10.6 Å². The molecular weight excluding hydrogens is 797 g/mol. The number of nitrogens with zero attached hydrogens (tertiary/aromatic N) is 4. The highest BCUT2D eigenvalue weighted by molar-refractivity contribution is 7.86. The van der Waals surface area contributed by atoms with Gasteiger partial charge in [0.2, 0.25) is 11.9 Å². The molecule has 0 aliphatic rings. The Morgan fingerprint density at radius 2 is 0.667 bits per heavy atom. The van der Waals surface area contributed by atoms with Crippen LogP contribution in [0.3, 0.4) is 0 Å². The highest BCUT2D eigenvalue weighted by Crippen LogP contribution is 2.31. The third-order valence-corrected chi connectivity index (χ3v) is 11.1. The first-order valence-corrected chi connectivity index (χ1v) is 21.3. The van der Waals surface area contributed by atoms with Gasteiger partial charge in [-0.3, -0.25) is 9.11 Å². The Morgan fingerprint density at radius 3 is 0.933 bits per heavy atom. The van der Waals surface area contributed by atoms with Crippen LogP contribution in [-0.2, 0) is 20.2 Å². The van der Waals surface area contributed by atoms with Gasteiger partial charge in [0.15, 0.2) is 0 Å². The second-order valence-electron chi connectivity index (χ2n) is 13.4. The van der Waals surface area contributed by atoms with Gasteiger partial charge in [0, 0.05) is 33.6 Å². The van der Waals surface area contributed by atoms with Gasteiger partial charge in [0.05, 0.1) is 22.8 Å². The lowest BCUT2D eigenvalue weighted by molar-refractivity contribution is 0.480. The molecule has 0 atom stereocenters. The molecule has 0 aliphatic carbocycles. The quantitative estimate of drug-likeness (QED) is 0.0676. The van der Waals surface area contributed by atoms with Crippen LogP contribution in [0.5, 0.6) is 0 Å². The van der Waals surface area contributed by atoms with Gasteiger partial charge in [-0.25, -0.2) is 19.9 Å². The molecule has 0 spiro atoms. The zero-order valence-electron chi connectivity index (χ0n) is 31.5. The van der Waals surface area contributed by atoms with Gasteiger partial charge in [0.1, 0.15) is 9.79 Å². The van der Waals surface area contributed by atoms with Crippen LogP contribution in [-0.4, -0.2) is 45.9 Å². The molecule has 0 saturated heterocycles. The minimum Gasteiger partial charge on any atom is -0.324 e. The molecule has 8 aromatic rings. The standard InChI is InChI=1S/C46H34N6O6S2/c53-59(54,55)43-27-37(47-45-49-39(31-13-5-1-6-14-31)29-40(50-45)32-15-7-2-8-16-32)25-23-35(43)21-22-36-24-26-38(28-44(36)60(56,57)58)48-46-51-41(33-17-9-3-10-18-33)30-42(52-46)34-19-11-4-12-20-34/h1-30H,(H,47,49,50)(H,48,51,52)(H,53,54,55)(H,56,57,58)/b22-21+. The topological polar surface area (TPSA) is 184 Å². The number of anilines is 4. The molecule has 0 fully saturated rings. The van der Waals surface area contributed by atoms with Crippen LogP contribution in [0.15, 0.2) is 180 Å². The van der Waals surface area contributed by atoms with Crippen molar-refractivity contribution in [2.75, 3.05) is 10.6 Å². The summed E-state index contributed by atoms with van der Waals surface area (Å²) < 4.78 is 71.5. The number of benzene rings is 6. The Kier molecular flexibility index (Phi) is 11.1. The number of rotatable bonds is 12. The summed E-state index contributed by atoms with van der Waals surface area (Å²) in [5, 5.41) is 6.13. The van der Waals surface area contributed by atoms with E-state index in [1.165, 1.54) is 36.4 Å². The molecule has 2 aromatic heterocycles. The predicted molar refractivity (Wildman–Crippen MR) is 234 cm³/mol. The predicted octanol–water partition coefficient (Wildman–Crippen LogP) is 10.1. The van der Waals surface area contributed by atoms with Crippen LogP contribution in [0.4, 0.5) is 23.3 Å². The summed E-state index contributed by atoms with van der Waals surface area (Å²) in [6.45, 7) is 0. The van der Waals surface area contributed by atoms with Crippen molar-refractivity contribution in [3.05, 3.63) is 181 Å². The normalized spacial score (nSPS) is 11.7. The maximum atomic E-state index is 12.7. The Morgan fingerprint density at radius 1 is 0.383 bits per heavy atom. The lowest BCUT2D eigenvalue weighted by Crippen LogP contribution is -2.05. The van der Waals surface area contributed by atoms with Crippen molar-refractivity contribution in [1.82, 2.24) is 19.9 Å². The Labute approximate surface area is 346 Å². The maximum Gasteiger partial charge on any atom is 0.295 e. The van der Waals surface area contributed by atoms with Crippen molar-refractivity contribution in [1.29, 1.82) is 0 Å². The third kappa shape index (κ3) is 9.33. The number of hydrogen-bond acceptors (Lipinski definition) is 10. The van der Waals surface area contributed by atoms with Crippen LogP contribution in [0.1, 0.15) is 11.1 Å². The summed E-state index contributed by atoms with van der Waals surface area (Å²) in [6.07, 6.45) is 2.64. The van der Waals surface area contributed by atoms with Crippen molar-refractivity contribution in [2.24, 2.45) is 0 Å². The van der Waals surface area contributed by atoms with E-state index in [1.54, 1.807) is 12.1 Å². The smallest absolute Gasteiger partial charge is 0.295 e. The van der Waals surface area contributed by atoms with Crippen molar-refractivity contribution >= 4 is 55.7 Å². The van der Waals surface area contributed by atoms with Crippen molar-refractivity contribution in [2.45, 2.75) is 9.79 Å². The molecule has 0 saturated carbocycles. The molecule has 0 unspecified atom stereocenters. The fourth-order valence-electron chi connectivity index (χ4n) is 6.42. The zero-order chi connectivity index (χ0) is 41.7. The molecule has 0 aliphatic heterocycles. The van der Waals surface area contributed by atoms with Crippen LogP contribution >= 0.6 is 0 Å². The maximum absolute atomic E-state index is 12.7. The number of hydrogen-bond donors (Lipinski definition) is 4. The fraction of sp³-hybridized carbons (Fsp3) is 0. The molecule has 8 rings (SSSR count). The van der Waals surface area contributed by atoms with Gasteiger partial charge in [-0.2, -0.15) is 16.8 Å². The molecule has 0 bridgehead atoms. The van der Waals surface area contributed by atoms with E-state index in [0.717, 1.165) is 22.3 Å². The summed E-state index contributed by atoms with van der Waals surface area (Å²) >= 11 is 0. The van der Waals surface area contributed by atoms with Crippen LogP contribution in [0.2, 0.25) is 0 Å². The van der Waals surface area contributed by atoms with E-state index in [0.29, 0.717) is 22.8 Å². The van der Waals surface area contributed by atoms with Gasteiger partial charge in [-0.15, -0.1) is 0 Å². The van der Waals surface area contributed by atoms with Gasteiger partial charge in [-0.05, 0) is 47.5 Å². The Bertz CT molecular complexity index is 2760. The highest BCUT2D eigenvalue weighted by atomic mass is 32.2. The molecule has 14 heteroatoms. The zero-order valence-corrected chi connectivity index (χ0v) is 33.1. The summed E-state index contributed by atoms with van der Waals surface area (Å²) in [4.78, 5) is 17.8. The van der Waals surface area contributed by atoms with E-state index in [9.17, 15) is 25.9 Å². The third-order valence-electron chi connectivity index (χ3n) is 9.27. The van der Waals surface area contributed by atoms with Gasteiger partial charge >= 0.3 is 0 Å². The first kappa shape index (κ1) is 39.5. The molecular formula is C46H34N6O6S2. The SMILES string of the molecule is O=S(=O)(O)c1cc(Nc2nc(-c3ccccc3)cc(-c3ccccc3)n2)ccc1/C=C/c1ccc(Nc2nc(-c3ccccc3)cc(-c3ccccc3)n2)cc1S(=O)(=O)O. The molecule has 0 amide bonds. The molecule has 296 valence electrons. The molecule has 12 nitrogen and oxygen atoms in total. The van der Waals surface area contributed by atoms with Gasteiger partial charge in [0.25, 0.3) is 20.2 Å². The van der Waals surface area contributed by atoms with E-state index >= 15 is 0 Å². The highest BCUT2D eigenvalue weighted by Gasteiger charge is 2.19. The Hall–Kier alpha value is -7.36. The van der Waals surface area contributed by atoms with E-state index < -0.39 is 30.0 Å². The molecule has 0 radical (unpaired) electrons.